The van der Waals surface area contributed by atoms with Crippen molar-refractivity contribution in [3.63, 3.8) is 0 Å². The van der Waals surface area contributed by atoms with Crippen LogP contribution in [-0.4, -0.2) is 58.2 Å². The van der Waals surface area contributed by atoms with E-state index in [2.05, 4.69) is 4.72 Å². The summed E-state index contributed by atoms with van der Waals surface area (Å²) in [5, 5.41) is 7.11. The summed E-state index contributed by atoms with van der Waals surface area (Å²) >= 11 is 0. The Labute approximate surface area is 101 Å². The average molecular weight is 269 g/mol. The molecule has 8 heteroatoms. The smallest absolute Gasteiger partial charge is 0.323 e. The van der Waals surface area contributed by atoms with E-state index in [-0.39, 0.29) is 6.54 Å². The molecule has 2 N–H and O–H groups in total. The summed E-state index contributed by atoms with van der Waals surface area (Å²) in [7, 11) is -2.23. The third-order valence-electron chi connectivity index (χ3n) is 2.01. The van der Waals surface area contributed by atoms with Gasteiger partial charge in [-0.15, -0.1) is 0 Å². The van der Waals surface area contributed by atoms with E-state index >= 15 is 0 Å². The number of nitrogens with one attached hydrogen (secondary N) is 1. The molecule has 0 aliphatic rings. The van der Waals surface area contributed by atoms with E-state index in [0.717, 1.165) is 6.92 Å². The minimum absolute atomic E-state index is 0.160. The van der Waals surface area contributed by atoms with Crippen LogP contribution in [0.15, 0.2) is 0 Å². The molecular weight excluding hydrogens is 250 g/mol. The fourth-order valence-corrected chi connectivity index (χ4v) is 1.84. The van der Waals surface area contributed by atoms with Gasteiger partial charge in [0.1, 0.15) is 0 Å². The summed E-state index contributed by atoms with van der Waals surface area (Å²) in [6, 6.07) is 0. The molecule has 0 fully saturated rings. The molecule has 0 amide bonds. The maximum atomic E-state index is 11.4. The molecule has 0 spiro atoms. The number of hydrogen-bond acceptors (Lipinski definition) is 5. The highest BCUT2D eigenvalue weighted by atomic mass is 32.2. The Morgan fingerprint density at radius 3 is 2.53 bits per heavy atom. The Hall–Kier alpha value is -0.700. The van der Waals surface area contributed by atoms with Crippen LogP contribution in [0.25, 0.3) is 0 Å². The van der Waals surface area contributed by atoms with Crippen molar-refractivity contribution < 1.29 is 27.8 Å². The van der Waals surface area contributed by atoms with E-state index in [1.54, 1.807) is 7.11 Å². The van der Waals surface area contributed by atoms with Gasteiger partial charge in [-0.2, -0.15) is 0 Å². The van der Waals surface area contributed by atoms with Gasteiger partial charge in [0.15, 0.2) is 5.25 Å². The maximum Gasteiger partial charge on any atom is 0.323 e. The van der Waals surface area contributed by atoms with Crippen molar-refractivity contribution in [3.8, 4) is 0 Å². The number of carbonyl (C=O) groups is 1. The molecule has 0 radical (unpaired) electrons. The van der Waals surface area contributed by atoms with Crippen LogP contribution >= 0.6 is 0 Å². The number of methoxy groups -OCH3 is 1. The van der Waals surface area contributed by atoms with Crippen LogP contribution in [0.2, 0.25) is 0 Å². The Morgan fingerprint density at radius 2 is 2.00 bits per heavy atom. The van der Waals surface area contributed by atoms with Gasteiger partial charge in [0.05, 0.1) is 13.2 Å². The van der Waals surface area contributed by atoms with Crippen molar-refractivity contribution >= 4 is 16.0 Å². The van der Waals surface area contributed by atoms with E-state index in [9.17, 15) is 13.2 Å². The van der Waals surface area contributed by atoms with Gasteiger partial charge < -0.3 is 14.6 Å². The molecule has 102 valence electrons. The average Bonchev–Trinajstić information content (AvgIpc) is 2.26. The lowest BCUT2D eigenvalue weighted by Gasteiger charge is -2.10. The molecule has 0 aliphatic carbocycles. The molecule has 0 aromatic rings. The third-order valence-corrected chi connectivity index (χ3v) is 3.75. The number of sulfonamides is 1. The Morgan fingerprint density at radius 1 is 1.35 bits per heavy atom. The molecule has 0 rings (SSSR count). The minimum Gasteiger partial charge on any atom is -0.480 e. The summed E-state index contributed by atoms with van der Waals surface area (Å²) in [6.07, 6.45) is 0.481. The number of hydrogen-bond donors (Lipinski definition) is 2. The first kappa shape index (κ1) is 16.3. The van der Waals surface area contributed by atoms with E-state index in [0.29, 0.717) is 26.2 Å². The molecule has 17 heavy (non-hydrogen) atoms. The molecule has 1 unspecified atom stereocenters. The Kier molecular flexibility index (Phi) is 8.05. The largest absolute Gasteiger partial charge is 0.480 e. The quantitative estimate of drug-likeness (QED) is 0.515. The van der Waals surface area contributed by atoms with Gasteiger partial charge in [0.25, 0.3) is 0 Å². The first-order valence-electron chi connectivity index (χ1n) is 5.19. The molecule has 0 aromatic heterocycles. The van der Waals surface area contributed by atoms with E-state index < -0.39 is 21.2 Å². The second kappa shape index (κ2) is 8.40. The first-order valence-corrected chi connectivity index (χ1v) is 6.74. The highest BCUT2D eigenvalue weighted by Crippen LogP contribution is 1.98. The van der Waals surface area contributed by atoms with Crippen LogP contribution in [0, 0.1) is 0 Å². The van der Waals surface area contributed by atoms with Crippen molar-refractivity contribution in [1.82, 2.24) is 4.72 Å². The first-order chi connectivity index (χ1) is 7.91. The summed E-state index contributed by atoms with van der Waals surface area (Å²) in [5.41, 5.74) is 0. The minimum atomic E-state index is -3.79. The Balaban J connectivity index is 3.70. The van der Waals surface area contributed by atoms with Crippen molar-refractivity contribution in [1.29, 1.82) is 0 Å². The molecule has 0 saturated heterocycles. The fourth-order valence-electron chi connectivity index (χ4n) is 0.891. The fraction of sp³-hybridized carbons (Fsp3) is 0.889. The second-order valence-electron chi connectivity index (χ2n) is 3.38. The molecule has 0 heterocycles. The second-order valence-corrected chi connectivity index (χ2v) is 5.46. The highest BCUT2D eigenvalue weighted by Gasteiger charge is 2.26. The van der Waals surface area contributed by atoms with Crippen LogP contribution in [0.3, 0.4) is 0 Å². The number of ether oxygens (including phenoxy) is 2. The van der Waals surface area contributed by atoms with Crippen LogP contribution in [-0.2, 0) is 24.3 Å². The van der Waals surface area contributed by atoms with Crippen molar-refractivity contribution in [2.45, 2.75) is 18.6 Å². The van der Waals surface area contributed by atoms with Crippen molar-refractivity contribution in [2.75, 3.05) is 33.5 Å². The SMILES string of the molecule is COCCOCCCNS(=O)(=O)C(C)C(=O)O. The van der Waals surface area contributed by atoms with Crippen LogP contribution in [0.5, 0.6) is 0 Å². The third kappa shape index (κ3) is 7.27. The lowest BCUT2D eigenvalue weighted by molar-refractivity contribution is -0.136. The zero-order chi connectivity index (χ0) is 13.3. The molecule has 0 saturated carbocycles. The number of carboxylic acid groups (broad SMARTS) is 1. The zero-order valence-corrected chi connectivity index (χ0v) is 10.8. The van der Waals surface area contributed by atoms with Crippen molar-refractivity contribution in [3.05, 3.63) is 0 Å². The van der Waals surface area contributed by atoms with Crippen LogP contribution in [0.4, 0.5) is 0 Å². The summed E-state index contributed by atoms with van der Waals surface area (Å²) in [4.78, 5) is 10.5. The molecule has 0 bridgehead atoms. The summed E-state index contributed by atoms with van der Waals surface area (Å²) in [6.45, 7) is 2.62. The predicted octanol–water partition coefficient (Wildman–Crippen LogP) is -0.568. The monoisotopic (exact) mass is 269 g/mol. The molecular formula is C9H19NO6S. The van der Waals surface area contributed by atoms with Gasteiger partial charge in [0, 0.05) is 20.3 Å². The van der Waals surface area contributed by atoms with Crippen LogP contribution < -0.4 is 4.72 Å². The van der Waals surface area contributed by atoms with Crippen LogP contribution in [0.1, 0.15) is 13.3 Å². The van der Waals surface area contributed by atoms with E-state index in [1.807, 2.05) is 0 Å². The van der Waals surface area contributed by atoms with Gasteiger partial charge in [-0.25, -0.2) is 13.1 Å². The lowest BCUT2D eigenvalue weighted by Crippen LogP contribution is -2.38. The summed E-state index contributed by atoms with van der Waals surface area (Å²) < 4.78 is 34.8. The van der Waals surface area contributed by atoms with Gasteiger partial charge >= 0.3 is 5.97 Å². The number of rotatable bonds is 10. The number of aliphatic carboxylic acids is 1. The lowest BCUT2D eigenvalue weighted by atomic mass is 10.5. The molecule has 1 atom stereocenters. The molecule has 7 nitrogen and oxygen atoms in total. The standard InChI is InChI=1S/C9H19NO6S/c1-8(9(11)12)17(13,14)10-4-3-5-16-7-6-15-2/h8,10H,3-7H2,1-2H3,(H,11,12). The van der Waals surface area contributed by atoms with E-state index in [1.165, 1.54) is 0 Å². The predicted molar refractivity (Wildman–Crippen MR) is 61.3 cm³/mol. The zero-order valence-electron chi connectivity index (χ0n) is 10.0. The van der Waals surface area contributed by atoms with Gasteiger partial charge in [-0.05, 0) is 13.3 Å². The van der Waals surface area contributed by atoms with Crippen molar-refractivity contribution in [2.24, 2.45) is 0 Å². The van der Waals surface area contributed by atoms with Gasteiger partial charge in [-0.1, -0.05) is 0 Å². The topological polar surface area (TPSA) is 102 Å². The molecule has 0 aliphatic heterocycles. The normalized spacial score (nSPS) is 13.5. The number of carboxylic acids is 1. The van der Waals surface area contributed by atoms with E-state index in [4.69, 9.17) is 14.6 Å². The molecule has 0 aromatic carbocycles. The highest BCUT2D eigenvalue weighted by molar-refractivity contribution is 7.90. The van der Waals surface area contributed by atoms with Gasteiger partial charge in [0.2, 0.25) is 10.0 Å². The Bertz CT molecular complexity index is 315. The van der Waals surface area contributed by atoms with Gasteiger partial charge in [-0.3, -0.25) is 4.79 Å². The maximum absolute atomic E-state index is 11.4. The summed E-state index contributed by atoms with van der Waals surface area (Å²) in [5.74, 6) is -1.37.